The molecule has 0 aliphatic carbocycles. The van der Waals surface area contributed by atoms with Gasteiger partial charge in [0.05, 0.1) is 28.3 Å². The molecule has 0 aromatic heterocycles. The summed E-state index contributed by atoms with van der Waals surface area (Å²) in [6.07, 6.45) is 0. The summed E-state index contributed by atoms with van der Waals surface area (Å²) in [5.74, 6) is 0.0330. The van der Waals surface area contributed by atoms with Crippen LogP contribution in [-0.2, 0) is 16.4 Å². The topological polar surface area (TPSA) is 87.6 Å². The molecule has 0 spiro atoms. The summed E-state index contributed by atoms with van der Waals surface area (Å²) >= 11 is 7.67. The molecule has 6 nitrogen and oxygen atoms in total. The Morgan fingerprint density at radius 1 is 1.18 bits per heavy atom. The number of amidine groups is 1. The highest BCUT2D eigenvalue weighted by atomic mass is 35.5. The molecule has 2 atom stereocenters. The van der Waals surface area contributed by atoms with Gasteiger partial charge in [0.2, 0.25) is 0 Å². The van der Waals surface area contributed by atoms with Gasteiger partial charge in [0.15, 0.2) is 15.0 Å². The zero-order chi connectivity index (χ0) is 19.7. The Morgan fingerprint density at radius 3 is 2.71 bits per heavy atom. The van der Waals surface area contributed by atoms with Crippen molar-refractivity contribution in [3.63, 3.8) is 0 Å². The molecule has 0 unspecified atom stereocenters. The highest BCUT2D eigenvalue weighted by Gasteiger charge is 2.42. The molecule has 0 bridgehead atoms. The van der Waals surface area contributed by atoms with E-state index in [4.69, 9.17) is 11.6 Å². The smallest absolute Gasteiger partial charge is 0.251 e. The van der Waals surface area contributed by atoms with Crippen LogP contribution < -0.4 is 10.6 Å². The summed E-state index contributed by atoms with van der Waals surface area (Å²) in [5.41, 5.74) is 2.07. The van der Waals surface area contributed by atoms with Crippen LogP contribution in [0.1, 0.15) is 15.9 Å². The van der Waals surface area contributed by atoms with Crippen molar-refractivity contribution in [3.05, 3.63) is 64.7 Å². The normalized spacial score (nSPS) is 22.4. The van der Waals surface area contributed by atoms with Crippen LogP contribution in [0.3, 0.4) is 0 Å². The SMILES string of the molecule is O=C(NCc1ccccc1)c1ccc(Cl)c(NC2=N[C@H]3CS(=O)(=O)C[C@H]3S2)c1. The lowest BCUT2D eigenvalue weighted by Crippen LogP contribution is -2.23. The van der Waals surface area contributed by atoms with Crippen molar-refractivity contribution in [1.82, 2.24) is 5.32 Å². The monoisotopic (exact) mass is 435 g/mol. The quantitative estimate of drug-likeness (QED) is 0.770. The van der Waals surface area contributed by atoms with E-state index in [1.165, 1.54) is 11.8 Å². The van der Waals surface area contributed by atoms with Gasteiger partial charge in [0, 0.05) is 17.4 Å². The summed E-state index contributed by atoms with van der Waals surface area (Å²) in [7, 11) is -2.99. The first-order valence-corrected chi connectivity index (χ1v) is 11.8. The number of amides is 1. The predicted molar refractivity (Wildman–Crippen MR) is 114 cm³/mol. The highest BCUT2D eigenvalue weighted by Crippen LogP contribution is 2.35. The number of thioether (sulfide) groups is 1. The van der Waals surface area contributed by atoms with Crippen LogP contribution in [0.4, 0.5) is 5.69 Å². The van der Waals surface area contributed by atoms with Crippen LogP contribution in [0.5, 0.6) is 0 Å². The number of sulfone groups is 1. The third kappa shape index (κ3) is 4.34. The molecule has 2 heterocycles. The molecule has 2 aromatic carbocycles. The lowest BCUT2D eigenvalue weighted by atomic mass is 10.1. The number of anilines is 1. The largest absolute Gasteiger partial charge is 0.348 e. The molecule has 2 aromatic rings. The molecule has 1 amide bonds. The van der Waals surface area contributed by atoms with Gasteiger partial charge in [0.25, 0.3) is 5.91 Å². The number of benzene rings is 2. The third-order valence-corrected chi connectivity index (χ3v) is 8.06. The third-order valence-electron chi connectivity index (χ3n) is 4.58. The Kier molecular flexibility index (Phi) is 5.35. The van der Waals surface area contributed by atoms with Gasteiger partial charge in [-0.05, 0) is 23.8 Å². The molecule has 0 saturated carbocycles. The van der Waals surface area contributed by atoms with E-state index in [-0.39, 0.29) is 28.7 Å². The zero-order valence-electron chi connectivity index (χ0n) is 14.8. The number of hydrogen-bond donors (Lipinski definition) is 2. The maximum absolute atomic E-state index is 12.5. The van der Waals surface area contributed by atoms with Gasteiger partial charge in [-0.3, -0.25) is 9.79 Å². The van der Waals surface area contributed by atoms with E-state index in [9.17, 15) is 13.2 Å². The van der Waals surface area contributed by atoms with Crippen molar-refractivity contribution < 1.29 is 13.2 Å². The van der Waals surface area contributed by atoms with Crippen LogP contribution in [0.15, 0.2) is 53.5 Å². The van der Waals surface area contributed by atoms with Gasteiger partial charge in [-0.2, -0.15) is 0 Å². The number of carbonyl (C=O) groups excluding carboxylic acids is 1. The molecular formula is C19H18ClN3O3S2. The van der Waals surface area contributed by atoms with Crippen molar-refractivity contribution in [1.29, 1.82) is 0 Å². The molecule has 1 fully saturated rings. The maximum atomic E-state index is 12.5. The van der Waals surface area contributed by atoms with Crippen molar-refractivity contribution >= 4 is 50.0 Å². The van der Waals surface area contributed by atoms with Crippen LogP contribution in [-0.4, -0.2) is 42.3 Å². The first-order chi connectivity index (χ1) is 13.4. The van der Waals surface area contributed by atoms with E-state index in [0.717, 1.165) is 5.56 Å². The lowest BCUT2D eigenvalue weighted by Gasteiger charge is -2.11. The summed E-state index contributed by atoms with van der Waals surface area (Å²) < 4.78 is 23.4. The number of nitrogens with one attached hydrogen (secondary N) is 2. The zero-order valence-corrected chi connectivity index (χ0v) is 17.2. The molecule has 2 aliphatic heterocycles. The maximum Gasteiger partial charge on any atom is 0.251 e. The van der Waals surface area contributed by atoms with Crippen LogP contribution in [0.25, 0.3) is 0 Å². The van der Waals surface area contributed by atoms with Gasteiger partial charge in [-0.1, -0.05) is 53.7 Å². The Balaban J connectivity index is 1.43. The molecule has 9 heteroatoms. The minimum absolute atomic E-state index is 0.0522. The highest BCUT2D eigenvalue weighted by molar-refractivity contribution is 8.15. The van der Waals surface area contributed by atoms with Crippen LogP contribution in [0, 0.1) is 0 Å². The second kappa shape index (κ2) is 7.77. The first kappa shape index (κ1) is 19.3. The number of fused-ring (bicyclic) bond motifs is 1. The van der Waals surface area contributed by atoms with Crippen molar-refractivity contribution in [2.75, 3.05) is 16.8 Å². The van der Waals surface area contributed by atoms with Crippen molar-refractivity contribution in [3.8, 4) is 0 Å². The number of halogens is 1. The number of nitrogens with zero attached hydrogens (tertiary/aromatic N) is 1. The summed E-state index contributed by atoms with van der Waals surface area (Å²) in [4.78, 5) is 16.9. The van der Waals surface area contributed by atoms with Crippen molar-refractivity contribution in [2.24, 2.45) is 4.99 Å². The van der Waals surface area contributed by atoms with Crippen LogP contribution in [0.2, 0.25) is 5.02 Å². The lowest BCUT2D eigenvalue weighted by molar-refractivity contribution is 0.0951. The minimum atomic E-state index is -2.99. The van der Waals surface area contributed by atoms with E-state index in [1.54, 1.807) is 18.2 Å². The Hall–Kier alpha value is -2.03. The molecule has 2 N–H and O–H groups in total. The molecule has 0 radical (unpaired) electrons. The Bertz CT molecular complexity index is 1040. The number of aliphatic imine (C=N–C) groups is 1. The average Bonchev–Trinajstić information content (AvgIpc) is 3.15. The average molecular weight is 436 g/mol. The fourth-order valence-electron chi connectivity index (χ4n) is 3.17. The van der Waals surface area contributed by atoms with Gasteiger partial charge < -0.3 is 10.6 Å². The summed E-state index contributed by atoms with van der Waals surface area (Å²) in [6, 6.07) is 14.5. The van der Waals surface area contributed by atoms with E-state index >= 15 is 0 Å². The molecular weight excluding hydrogens is 418 g/mol. The van der Waals surface area contributed by atoms with E-state index in [0.29, 0.717) is 28.0 Å². The Labute approximate surface area is 172 Å². The summed E-state index contributed by atoms with van der Waals surface area (Å²) in [6.45, 7) is 0.436. The fraction of sp³-hybridized carbons (Fsp3) is 0.263. The van der Waals surface area contributed by atoms with E-state index < -0.39 is 9.84 Å². The molecule has 4 rings (SSSR count). The van der Waals surface area contributed by atoms with Gasteiger partial charge in [-0.15, -0.1) is 0 Å². The van der Waals surface area contributed by atoms with Gasteiger partial charge >= 0.3 is 0 Å². The molecule has 2 aliphatic rings. The van der Waals surface area contributed by atoms with Gasteiger partial charge in [-0.25, -0.2) is 8.42 Å². The molecule has 1 saturated heterocycles. The molecule has 146 valence electrons. The summed E-state index contributed by atoms with van der Waals surface area (Å²) in [5, 5.41) is 7.07. The number of hydrogen-bond acceptors (Lipinski definition) is 6. The fourth-order valence-corrected chi connectivity index (χ4v) is 7.01. The second-order valence-corrected chi connectivity index (χ2v) is 10.5. The number of rotatable bonds is 4. The van der Waals surface area contributed by atoms with E-state index in [1.807, 2.05) is 30.3 Å². The standard InChI is InChI=1S/C19H18ClN3O3S2/c20-14-7-6-13(18(24)21-9-12-4-2-1-3-5-12)8-15(14)22-19-23-16-10-28(25,26)11-17(16)27-19/h1-8,16-17H,9-11H2,(H,21,24)(H,22,23)/t16-,17+/m0/s1. The minimum Gasteiger partial charge on any atom is -0.348 e. The molecule has 28 heavy (non-hydrogen) atoms. The van der Waals surface area contributed by atoms with Gasteiger partial charge in [0.1, 0.15) is 0 Å². The predicted octanol–water partition coefficient (Wildman–Crippen LogP) is 2.95. The number of carbonyl (C=O) groups is 1. The first-order valence-electron chi connectivity index (χ1n) is 8.73. The van der Waals surface area contributed by atoms with E-state index in [2.05, 4.69) is 15.6 Å². The second-order valence-electron chi connectivity index (χ2n) is 6.72. The van der Waals surface area contributed by atoms with Crippen LogP contribution >= 0.6 is 23.4 Å². The Morgan fingerprint density at radius 2 is 1.96 bits per heavy atom. The van der Waals surface area contributed by atoms with Crippen molar-refractivity contribution in [2.45, 2.75) is 17.8 Å².